The Labute approximate surface area is 116 Å². The van der Waals surface area contributed by atoms with Gasteiger partial charge in [0.25, 0.3) is 0 Å². The molecule has 0 fully saturated rings. The Morgan fingerprint density at radius 2 is 2.00 bits per heavy atom. The van der Waals surface area contributed by atoms with Gasteiger partial charge in [-0.1, -0.05) is 17.3 Å². The summed E-state index contributed by atoms with van der Waals surface area (Å²) in [5.74, 6) is -0.533. The number of nitriles is 1. The number of hydrogen-bond acceptors (Lipinski definition) is 3. The third-order valence-electron chi connectivity index (χ3n) is 2.76. The van der Waals surface area contributed by atoms with Crippen LogP contribution in [0, 0.1) is 17.1 Å². The van der Waals surface area contributed by atoms with Gasteiger partial charge in [-0.15, -0.1) is 5.10 Å². The van der Waals surface area contributed by atoms with Crippen molar-refractivity contribution < 1.29 is 4.39 Å². The minimum Gasteiger partial charge on any atom is -0.210 e. The number of aromatic nitrogens is 3. The fourth-order valence-electron chi connectivity index (χ4n) is 1.84. The Bertz CT molecular complexity index is 819. The van der Waals surface area contributed by atoms with Gasteiger partial charge in [0.15, 0.2) is 5.82 Å². The van der Waals surface area contributed by atoms with Crippen LogP contribution in [0.3, 0.4) is 0 Å². The van der Waals surface area contributed by atoms with E-state index in [0.29, 0.717) is 11.0 Å². The second kappa shape index (κ2) is 4.44. The molecule has 0 aliphatic carbocycles. The quantitative estimate of drug-likeness (QED) is 0.692. The molecule has 4 nitrogen and oxygen atoms in total. The zero-order valence-corrected chi connectivity index (χ0v) is 11.1. The van der Waals surface area contributed by atoms with Crippen LogP contribution in [0.15, 0.2) is 40.9 Å². The van der Waals surface area contributed by atoms with Gasteiger partial charge in [0, 0.05) is 0 Å². The molecule has 0 N–H and O–H groups in total. The summed E-state index contributed by atoms with van der Waals surface area (Å²) in [5, 5.41) is 16.8. The van der Waals surface area contributed by atoms with Gasteiger partial charge in [0.05, 0.1) is 15.6 Å². The average molecular weight is 317 g/mol. The summed E-state index contributed by atoms with van der Waals surface area (Å²) >= 11 is 3.08. The highest BCUT2D eigenvalue weighted by atomic mass is 79.9. The first kappa shape index (κ1) is 11.8. The molecule has 0 aliphatic rings. The van der Waals surface area contributed by atoms with Crippen LogP contribution in [0.2, 0.25) is 0 Å². The van der Waals surface area contributed by atoms with Gasteiger partial charge in [-0.25, -0.2) is 9.07 Å². The van der Waals surface area contributed by atoms with Gasteiger partial charge in [-0.05, 0) is 40.2 Å². The molecule has 0 bridgehead atoms. The van der Waals surface area contributed by atoms with Gasteiger partial charge < -0.3 is 0 Å². The van der Waals surface area contributed by atoms with Crippen LogP contribution in [-0.2, 0) is 0 Å². The van der Waals surface area contributed by atoms with Crippen LogP contribution in [-0.4, -0.2) is 15.0 Å². The van der Waals surface area contributed by atoms with Crippen molar-refractivity contribution in [1.82, 2.24) is 15.0 Å². The van der Waals surface area contributed by atoms with E-state index in [1.54, 1.807) is 18.2 Å². The molecule has 0 aliphatic heterocycles. The van der Waals surface area contributed by atoms with Crippen molar-refractivity contribution in [3.63, 3.8) is 0 Å². The topological polar surface area (TPSA) is 54.5 Å². The summed E-state index contributed by atoms with van der Waals surface area (Å²) in [6, 6.07) is 12.2. The van der Waals surface area contributed by atoms with E-state index in [1.165, 1.54) is 10.7 Å². The van der Waals surface area contributed by atoms with E-state index in [1.807, 2.05) is 18.2 Å². The van der Waals surface area contributed by atoms with Crippen molar-refractivity contribution in [3.05, 3.63) is 52.3 Å². The van der Waals surface area contributed by atoms with Gasteiger partial charge in [0.2, 0.25) is 0 Å². The molecule has 1 heterocycles. The Kier molecular flexibility index (Phi) is 2.76. The number of rotatable bonds is 1. The van der Waals surface area contributed by atoms with Crippen LogP contribution < -0.4 is 0 Å². The van der Waals surface area contributed by atoms with E-state index in [0.717, 1.165) is 0 Å². The standard InChI is InChI=1S/C13H6BrFN4/c14-12-8(7-16)5-6-11(13(12)15)19-10-4-2-1-3-9(10)17-18-19/h1-6H. The molecule has 0 unspecified atom stereocenters. The molecular formula is C13H6BrFN4. The summed E-state index contributed by atoms with van der Waals surface area (Å²) in [6.45, 7) is 0. The third kappa shape index (κ3) is 1.79. The molecular weight excluding hydrogens is 311 g/mol. The average Bonchev–Trinajstić information content (AvgIpc) is 2.86. The summed E-state index contributed by atoms with van der Waals surface area (Å²) in [6.07, 6.45) is 0. The summed E-state index contributed by atoms with van der Waals surface area (Å²) in [4.78, 5) is 0. The first-order valence-corrected chi connectivity index (χ1v) is 6.20. The summed E-state index contributed by atoms with van der Waals surface area (Å²) < 4.78 is 15.8. The molecule has 2 aromatic carbocycles. The van der Waals surface area contributed by atoms with E-state index < -0.39 is 5.82 Å². The lowest BCUT2D eigenvalue weighted by Gasteiger charge is -2.06. The number of halogens is 2. The predicted molar refractivity (Wildman–Crippen MR) is 71.2 cm³/mol. The highest BCUT2D eigenvalue weighted by molar-refractivity contribution is 9.10. The van der Waals surface area contributed by atoms with Crippen molar-refractivity contribution >= 4 is 27.0 Å². The van der Waals surface area contributed by atoms with Gasteiger partial charge in [0.1, 0.15) is 17.3 Å². The number of hydrogen-bond donors (Lipinski definition) is 0. The molecule has 0 saturated carbocycles. The highest BCUT2D eigenvalue weighted by Crippen LogP contribution is 2.27. The van der Waals surface area contributed by atoms with Crippen molar-refractivity contribution in [2.24, 2.45) is 0 Å². The predicted octanol–water partition coefficient (Wildman–Crippen LogP) is 3.19. The van der Waals surface area contributed by atoms with Crippen LogP contribution in [0.25, 0.3) is 16.7 Å². The number of fused-ring (bicyclic) bond motifs is 1. The maximum absolute atomic E-state index is 14.3. The normalized spacial score (nSPS) is 10.6. The molecule has 0 amide bonds. The number of para-hydroxylation sites is 1. The lowest BCUT2D eigenvalue weighted by atomic mass is 10.2. The van der Waals surface area contributed by atoms with Gasteiger partial charge >= 0.3 is 0 Å². The minimum absolute atomic E-state index is 0.132. The Hall–Kier alpha value is -2.26. The zero-order chi connectivity index (χ0) is 13.4. The van der Waals surface area contributed by atoms with Crippen molar-refractivity contribution in [2.45, 2.75) is 0 Å². The van der Waals surface area contributed by atoms with E-state index in [4.69, 9.17) is 5.26 Å². The second-order valence-corrected chi connectivity index (χ2v) is 4.65. The lowest BCUT2D eigenvalue weighted by molar-refractivity contribution is 0.603. The first-order valence-electron chi connectivity index (χ1n) is 5.41. The van der Waals surface area contributed by atoms with Gasteiger partial charge in [-0.2, -0.15) is 5.26 Å². The zero-order valence-electron chi connectivity index (χ0n) is 9.51. The third-order valence-corrected chi connectivity index (χ3v) is 3.54. The van der Waals surface area contributed by atoms with Crippen molar-refractivity contribution in [3.8, 4) is 11.8 Å². The summed E-state index contributed by atoms with van der Waals surface area (Å²) in [7, 11) is 0. The number of nitrogens with zero attached hydrogens (tertiary/aromatic N) is 4. The first-order chi connectivity index (χ1) is 9.22. The minimum atomic E-state index is -0.533. The van der Waals surface area contributed by atoms with E-state index in [9.17, 15) is 4.39 Å². The van der Waals surface area contributed by atoms with E-state index >= 15 is 0 Å². The van der Waals surface area contributed by atoms with Crippen LogP contribution in [0.1, 0.15) is 5.56 Å². The maximum atomic E-state index is 14.3. The van der Waals surface area contributed by atoms with Crippen molar-refractivity contribution in [2.75, 3.05) is 0 Å². The molecule has 0 saturated heterocycles. The monoisotopic (exact) mass is 316 g/mol. The molecule has 92 valence electrons. The molecule has 3 aromatic rings. The van der Waals surface area contributed by atoms with E-state index in [-0.39, 0.29) is 15.7 Å². The smallest absolute Gasteiger partial charge is 0.164 e. The second-order valence-electron chi connectivity index (χ2n) is 3.86. The fraction of sp³-hybridized carbons (Fsp3) is 0. The van der Waals surface area contributed by atoms with E-state index in [2.05, 4.69) is 26.2 Å². The van der Waals surface area contributed by atoms with Crippen LogP contribution >= 0.6 is 15.9 Å². The summed E-state index contributed by atoms with van der Waals surface area (Å²) in [5.41, 5.74) is 1.88. The van der Waals surface area contributed by atoms with Crippen LogP contribution in [0.5, 0.6) is 0 Å². The molecule has 0 spiro atoms. The van der Waals surface area contributed by atoms with Crippen molar-refractivity contribution in [1.29, 1.82) is 5.26 Å². The Morgan fingerprint density at radius 1 is 1.21 bits per heavy atom. The number of benzene rings is 2. The van der Waals surface area contributed by atoms with Crippen LogP contribution in [0.4, 0.5) is 4.39 Å². The molecule has 19 heavy (non-hydrogen) atoms. The maximum Gasteiger partial charge on any atom is 0.164 e. The molecule has 6 heteroatoms. The molecule has 0 atom stereocenters. The fourth-order valence-corrected chi connectivity index (χ4v) is 2.26. The Balaban J connectivity index is 2.29. The molecule has 3 rings (SSSR count). The molecule has 1 aromatic heterocycles. The Morgan fingerprint density at radius 3 is 2.79 bits per heavy atom. The molecule has 0 radical (unpaired) electrons. The van der Waals surface area contributed by atoms with Gasteiger partial charge in [-0.3, -0.25) is 0 Å². The largest absolute Gasteiger partial charge is 0.210 e. The highest BCUT2D eigenvalue weighted by Gasteiger charge is 2.15. The SMILES string of the molecule is N#Cc1ccc(-n2nnc3ccccc32)c(F)c1Br. The lowest BCUT2D eigenvalue weighted by Crippen LogP contribution is -2.01.